The van der Waals surface area contributed by atoms with E-state index in [9.17, 15) is 0 Å². The van der Waals surface area contributed by atoms with Gasteiger partial charge in [0.15, 0.2) is 17.3 Å². The lowest BCUT2D eigenvalue weighted by molar-refractivity contribution is -0.109. The highest BCUT2D eigenvalue weighted by atomic mass is 16.5. The topological polar surface area (TPSA) is 69.7 Å². The Morgan fingerprint density at radius 1 is 0.162 bits per heavy atom. The van der Waals surface area contributed by atoms with Crippen LogP contribution < -0.4 is 9.47 Å². The molecule has 5 heteroatoms. The molecule has 13 aromatic rings. The molecule has 468 valence electrons. The van der Waals surface area contributed by atoms with Crippen molar-refractivity contribution in [1.29, 1.82) is 0 Å². The molecule has 3 aliphatic carbocycles. The van der Waals surface area contributed by atoms with Crippen molar-refractivity contribution in [2.24, 2.45) is 0 Å². The molecule has 0 radical (unpaired) electrons. The minimum absolute atomic E-state index is 0.0268. The third kappa shape index (κ3) is 11.7. The van der Waals surface area contributed by atoms with Crippen LogP contribution in [0, 0.1) is 6.92 Å². The number of Topliss-reactive ketones (excluding diaryl/α,β-unsaturated/α-hetero) is 3. The number of aryl methyl sites for hydroxylation is 1. The van der Waals surface area contributed by atoms with E-state index >= 15 is 14.4 Å². The maximum Gasteiger partial charge on any atom is 0.195 e. The molecular formula is C94H62O5. The molecule has 3 aliphatic rings. The minimum atomic E-state index is -0.101. The van der Waals surface area contributed by atoms with Gasteiger partial charge in [0.25, 0.3) is 0 Å². The van der Waals surface area contributed by atoms with E-state index in [1.54, 1.807) is 0 Å². The number of benzene rings is 13. The molecular weight excluding hydrogens is 1210 g/mol. The number of hydrogen-bond acceptors (Lipinski definition) is 5. The summed E-state index contributed by atoms with van der Waals surface area (Å²) in [7, 11) is 0. The highest BCUT2D eigenvalue weighted by Gasteiger charge is 2.39. The molecule has 0 amide bonds. The van der Waals surface area contributed by atoms with Crippen LogP contribution in [0.15, 0.2) is 358 Å². The molecule has 5 nitrogen and oxygen atoms in total. The minimum Gasteiger partial charge on any atom is -0.457 e. The van der Waals surface area contributed by atoms with Crippen LogP contribution in [-0.4, -0.2) is 17.3 Å². The Morgan fingerprint density at radius 3 is 0.626 bits per heavy atom. The van der Waals surface area contributed by atoms with Gasteiger partial charge in [-0.1, -0.05) is 315 Å². The fraction of sp³-hybridized carbons (Fsp3) is 0.0106. The molecule has 0 aromatic heterocycles. The van der Waals surface area contributed by atoms with Gasteiger partial charge in [0.05, 0.1) is 0 Å². The van der Waals surface area contributed by atoms with E-state index in [2.05, 4.69) is 67.6 Å². The Hall–Kier alpha value is -13.1. The first kappa shape index (κ1) is 60.8. The van der Waals surface area contributed by atoms with Gasteiger partial charge in [-0.25, -0.2) is 0 Å². The number of carbonyl (C=O) groups is 3. The van der Waals surface area contributed by atoms with Gasteiger partial charge >= 0.3 is 0 Å². The molecule has 0 fully saturated rings. The van der Waals surface area contributed by atoms with Gasteiger partial charge in [-0.2, -0.15) is 0 Å². The maximum atomic E-state index is 15.7. The van der Waals surface area contributed by atoms with Crippen molar-refractivity contribution in [3.63, 3.8) is 0 Å². The normalized spacial score (nSPS) is 13.9. The average molecular weight is 1270 g/mol. The second-order valence-corrected chi connectivity index (χ2v) is 24.8. The van der Waals surface area contributed by atoms with Crippen LogP contribution >= 0.6 is 0 Å². The molecule has 0 saturated heterocycles. The molecule has 0 bridgehead atoms. The number of rotatable bonds is 17. The Morgan fingerprint density at radius 2 is 0.354 bits per heavy atom. The van der Waals surface area contributed by atoms with Crippen molar-refractivity contribution in [3.8, 4) is 34.1 Å². The van der Waals surface area contributed by atoms with Crippen LogP contribution in [0.2, 0.25) is 0 Å². The third-order valence-corrected chi connectivity index (χ3v) is 18.6. The van der Waals surface area contributed by atoms with Crippen LogP contribution in [0.25, 0.3) is 78.0 Å². The summed E-state index contributed by atoms with van der Waals surface area (Å²) in [4.78, 5) is 46.0. The Kier molecular flexibility index (Phi) is 16.3. The molecule has 0 unspecified atom stereocenters. The van der Waals surface area contributed by atoms with Crippen molar-refractivity contribution in [3.05, 3.63) is 430 Å². The summed E-state index contributed by atoms with van der Waals surface area (Å²) in [6, 6.07) is 119. The van der Waals surface area contributed by atoms with Gasteiger partial charge in [-0.3, -0.25) is 14.4 Å². The van der Waals surface area contributed by atoms with Crippen molar-refractivity contribution in [2.75, 3.05) is 0 Å². The molecule has 16 rings (SSSR count). The van der Waals surface area contributed by atoms with Gasteiger partial charge in [0, 0.05) is 66.9 Å². The van der Waals surface area contributed by atoms with Crippen LogP contribution in [-0.2, 0) is 14.4 Å². The largest absolute Gasteiger partial charge is 0.457 e. The number of allylic oxidation sites excluding steroid dienone is 12. The quantitative estimate of drug-likeness (QED) is 0.0909. The fourth-order valence-electron chi connectivity index (χ4n) is 14.1. The lowest BCUT2D eigenvalue weighted by Gasteiger charge is -2.17. The van der Waals surface area contributed by atoms with Gasteiger partial charge in [-0.15, -0.1) is 0 Å². The van der Waals surface area contributed by atoms with Crippen LogP contribution in [0.3, 0.4) is 0 Å². The Balaban J connectivity index is 0.757. The molecule has 0 aliphatic heterocycles. The zero-order chi connectivity index (χ0) is 66.8. The zero-order valence-corrected chi connectivity index (χ0v) is 54.1. The van der Waals surface area contributed by atoms with E-state index in [-0.39, 0.29) is 17.3 Å². The number of ketones is 3. The average Bonchev–Trinajstić information content (AvgIpc) is 1.61. The molecule has 0 spiro atoms. The van der Waals surface area contributed by atoms with Crippen LogP contribution in [0.1, 0.15) is 72.3 Å². The van der Waals surface area contributed by atoms with Crippen molar-refractivity contribution >= 4 is 84.2 Å². The summed E-state index contributed by atoms with van der Waals surface area (Å²) in [5.74, 6) is 2.16. The van der Waals surface area contributed by atoms with E-state index in [0.717, 1.165) is 117 Å². The first-order valence-electron chi connectivity index (χ1n) is 33.2. The molecule has 0 N–H and O–H groups in total. The van der Waals surface area contributed by atoms with Crippen molar-refractivity contribution in [2.45, 2.75) is 6.92 Å². The molecule has 0 saturated carbocycles. The number of carbonyl (C=O) groups excluding carboxylic acids is 3. The predicted octanol–water partition coefficient (Wildman–Crippen LogP) is 22.6. The third-order valence-electron chi connectivity index (χ3n) is 18.6. The summed E-state index contributed by atoms with van der Waals surface area (Å²) in [6.45, 7) is 2.07. The summed E-state index contributed by atoms with van der Waals surface area (Å²) in [5, 5.41) is 0. The fourth-order valence-corrected chi connectivity index (χ4v) is 14.1. The van der Waals surface area contributed by atoms with Gasteiger partial charge in [0.1, 0.15) is 23.0 Å². The van der Waals surface area contributed by atoms with Gasteiger partial charge in [0.2, 0.25) is 0 Å². The van der Waals surface area contributed by atoms with Crippen molar-refractivity contribution < 1.29 is 23.9 Å². The predicted molar refractivity (Wildman–Crippen MR) is 404 cm³/mol. The lowest BCUT2D eigenvalue weighted by Crippen LogP contribution is -2.01. The van der Waals surface area contributed by atoms with E-state index in [1.165, 1.54) is 0 Å². The molecule has 99 heavy (non-hydrogen) atoms. The second-order valence-electron chi connectivity index (χ2n) is 24.8. The summed E-state index contributed by atoms with van der Waals surface area (Å²) in [6.07, 6.45) is 0. The second kappa shape index (κ2) is 26.6. The zero-order valence-electron chi connectivity index (χ0n) is 54.1. The van der Waals surface area contributed by atoms with E-state index in [0.29, 0.717) is 56.4 Å². The highest BCUT2D eigenvalue weighted by Crippen LogP contribution is 2.54. The van der Waals surface area contributed by atoms with Crippen LogP contribution in [0.5, 0.6) is 23.0 Å². The smallest absolute Gasteiger partial charge is 0.195 e. The van der Waals surface area contributed by atoms with E-state index in [4.69, 9.17) is 9.47 Å². The summed E-state index contributed by atoms with van der Waals surface area (Å²) in [5.41, 5.74) is 22.2. The van der Waals surface area contributed by atoms with E-state index in [1.807, 2.05) is 297 Å². The molecule has 0 atom stereocenters. The summed E-state index contributed by atoms with van der Waals surface area (Å²) < 4.78 is 13.7. The van der Waals surface area contributed by atoms with Crippen molar-refractivity contribution in [1.82, 2.24) is 0 Å². The Labute approximate surface area is 576 Å². The summed E-state index contributed by atoms with van der Waals surface area (Å²) >= 11 is 0. The maximum absolute atomic E-state index is 15.7. The SMILES string of the molecule is Cc1ccc(C2=C(c3ccccc3)C(=O)C(c3ccccc3)=C2c2ccc(Oc3cccc(C4=C(c5ccccc5)C(=O)C(c5ccccc5)=C4c4cccc(Oc5ccc(C6=C(c7ccccc7)C(=O)C(c7ccccc7)=C6c6ccc(-c7ccccc7)cc6)cc5)c4)c3)cc2)cc1. The van der Waals surface area contributed by atoms with Gasteiger partial charge < -0.3 is 9.47 Å². The first-order valence-corrected chi connectivity index (χ1v) is 33.2. The number of hydrogen-bond donors (Lipinski definition) is 0. The number of ether oxygens (including phenoxy) is 2. The Bertz CT molecular complexity index is 5470. The van der Waals surface area contributed by atoms with E-state index < -0.39 is 0 Å². The highest BCUT2D eigenvalue weighted by molar-refractivity contribution is 6.61. The van der Waals surface area contributed by atoms with Crippen LogP contribution in [0.4, 0.5) is 0 Å². The first-order chi connectivity index (χ1) is 48.8. The standard InChI is InChI=1S/C94H62O5/c1-61-43-45-70(46-44-61)80-82(88(66-31-15-5-16-32-66)92(95)86(80)64-27-11-3-12-28-64)72-51-55-76(56-52-72)98-78-41-23-39-74(59-78)84-85(91(69-37-21-8-22-38-69)94(97)90(84)68-35-19-7-20-36-68)75-40-24-42-79(60-75)99-77-57-53-73(54-58-77)83-81(71-49-47-63(48-50-71)62-25-9-2-10-26-62)87(65-29-13-4-14-30-65)93(96)89(83)67-33-17-6-18-34-67/h2-60H,1H3. The van der Waals surface area contributed by atoms with Gasteiger partial charge in [-0.05, 0) is 133 Å². The lowest BCUT2D eigenvalue weighted by atomic mass is 9.88. The monoisotopic (exact) mass is 1270 g/mol. The molecule has 13 aromatic carbocycles. The molecule has 0 heterocycles.